The molecule has 0 bridgehead atoms. The van der Waals surface area contributed by atoms with Crippen LogP contribution in [0.5, 0.6) is 0 Å². The predicted octanol–water partition coefficient (Wildman–Crippen LogP) is -37.7. The smallest absolute Gasteiger partial charge is 0.735 e. The number of carboxylic acid groups (broad SMARTS) is 1. The van der Waals surface area contributed by atoms with Crippen LogP contribution in [0.2, 0.25) is 0 Å². The fourth-order valence-electron chi connectivity index (χ4n) is 5.84. The molecule has 15 atom stereocenters. The van der Waals surface area contributed by atoms with Gasteiger partial charge >= 0.3 is 236 Å². The maximum absolute atomic E-state index is 12.4. The molecule has 0 aromatic carbocycles. The monoisotopic (exact) mass is 1290 g/mol. The van der Waals surface area contributed by atoms with Crippen LogP contribution in [0.3, 0.4) is 0 Å². The summed E-state index contributed by atoms with van der Waals surface area (Å²) in [7, 11) is -41.3. The number of ether oxygens (including phenoxy) is 6. The van der Waals surface area contributed by atoms with Crippen molar-refractivity contribution >= 4 is 78.5 Å². The summed E-state index contributed by atoms with van der Waals surface area (Å²) < 4.78 is 291. The first kappa shape index (κ1) is 91.4. The fraction of sp³-hybridized carbons (Fsp3) is 0.950. The Bertz CT molecular complexity index is 2520. The number of carbonyl (C=O) groups excluding carboxylic acids is 1. The molecule has 54 heteroatoms. The van der Waals surface area contributed by atoms with Crippen molar-refractivity contribution in [1.29, 1.82) is 0 Å². The second kappa shape index (κ2) is 37.8. The van der Waals surface area contributed by atoms with Crippen molar-refractivity contribution in [1.82, 2.24) is 14.2 Å². The van der Waals surface area contributed by atoms with Gasteiger partial charge in [0.25, 0.3) is 0 Å². The average molecular weight is 1300 g/mol. The van der Waals surface area contributed by atoms with E-state index in [9.17, 15) is 116 Å². The van der Waals surface area contributed by atoms with Crippen LogP contribution in [0.15, 0.2) is 0 Å². The fourth-order valence-corrected chi connectivity index (χ4v) is 8.94. The van der Waals surface area contributed by atoms with Crippen LogP contribution in [-0.4, -0.2) is 230 Å². The molecule has 3 rings (SSSR count). The quantitative estimate of drug-likeness (QED) is 0.0226. The molecule has 3 fully saturated rings. The number of carboxylic acids is 1. The second-order valence-electron chi connectivity index (χ2n) is 12.7. The van der Waals surface area contributed by atoms with Crippen molar-refractivity contribution in [2.24, 2.45) is 0 Å². The third-order valence-corrected chi connectivity index (χ3v) is 11.6. The largest absolute Gasteiger partial charge is 1.00 e. The van der Waals surface area contributed by atoms with E-state index >= 15 is 0 Å². The van der Waals surface area contributed by atoms with E-state index < -0.39 is 197 Å². The number of aliphatic carboxylic acids is 1. The number of aliphatic hydroxyl groups is 3. The minimum atomic E-state index is -6.29. The van der Waals surface area contributed by atoms with Crippen LogP contribution in [-0.2, 0) is 122 Å². The molecule has 6 N–H and O–H groups in total. The first-order valence-electron chi connectivity index (χ1n) is 16.4. The third kappa shape index (κ3) is 33.4. The number of carbonyl (C=O) groups is 1. The Morgan fingerprint density at radius 1 is 0.473 bits per heavy atom. The predicted molar refractivity (Wildman–Crippen MR) is 176 cm³/mol. The third-order valence-electron chi connectivity index (χ3n) is 8.11. The maximum Gasteiger partial charge on any atom is 1.00 e. The first-order valence-corrected chi connectivity index (χ1v) is 26.0. The average Bonchev–Trinajstić information content (AvgIpc) is 3.09. The minimum absolute atomic E-state index is 0. The molecule has 74 heavy (non-hydrogen) atoms. The van der Waals surface area contributed by atoms with E-state index in [1.54, 1.807) is 0 Å². The molecule has 3 saturated heterocycles. The molecule has 0 amide bonds. The summed E-state index contributed by atoms with van der Waals surface area (Å²) in [4.78, 5) is 12.4. The van der Waals surface area contributed by atoms with Crippen molar-refractivity contribution in [3.05, 3.63) is 0 Å². The van der Waals surface area contributed by atoms with Gasteiger partial charge in [-0.25, -0.2) is 73.1 Å². The van der Waals surface area contributed by atoms with Crippen LogP contribution in [0.4, 0.5) is 0 Å². The molecule has 390 valence electrons. The second-order valence-corrected chi connectivity index (χ2v) is 20.3. The Morgan fingerprint density at radius 2 is 0.878 bits per heavy atom. The topological polar surface area (TPSA) is 630 Å². The molecular weight excluding hydrogens is 1270 g/mol. The summed E-state index contributed by atoms with van der Waals surface area (Å²) in [5.41, 5.74) is 0. The number of nitrogens with one attached hydrogen (secondary N) is 3. The van der Waals surface area contributed by atoms with E-state index in [1.165, 1.54) is 4.72 Å². The normalized spacial score (nSPS) is 30.8. The van der Waals surface area contributed by atoms with Gasteiger partial charge in [-0.15, -0.1) is 0 Å². The zero-order valence-electron chi connectivity index (χ0n) is 39.2. The van der Waals surface area contributed by atoms with Crippen molar-refractivity contribution in [3.63, 3.8) is 0 Å². The number of hydrogen-bond acceptors (Lipinski definition) is 36. The van der Waals surface area contributed by atoms with Gasteiger partial charge in [0.1, 0.15) is 73.1 Å². The van der Waals surface area contributed by atoms with E-state index in [0.29, 0.717) is 0 Å². The molecule has 0 saturated carbocycles. The van der Waals surface area contributed by atoms with Crippen LogP contribution in [0.25, 0.3) is 0 Å². The van der Waals surface area contributed by atoms with Crippen LogP contribution in [0.1, 0.15) is 0 Å². The van der Waals surface area contributed by atoms with Crippen molar-refractivity contribution in [2.45, 2.75) is 92.0 Å². The van der Waals surface area contributed by atoms with Crippen molar-refractivity contribution in [2.75, 3.05) is 26.4 Å². The van der Waals surface area contributed by atoms with Crippen molar-refractivity contribution in [3.8, 4) is 0 Å². The van der Waals surface area contributed by atoms with E-state index in [2.05, 4.69) is 16.7 Å². The van der Waals surface area contributed by atoms with Gasteiger partial charge < -0.3 is 85.5 Å². The molecule has 39 nitrogen and oxygen atoms in total. The molecule has 0 aliphatic carbocycles. The summed E-state index contributed by atoms with van der Waals surface area (Å²) >= 11 is 0. The zero-order chi connectivity index (χ0) is 50.8. The summed E-state index contributed by atoms with van der Waals surface area (Å²) in [5, 5.41) is 45.2. The number of aliphatic hydroxyl groups excluding tert-OH is 3. The standard InChI is InChI=1S/C20H37N3O36S7.8Na/c24-9-5(3-51-63(38,39)40)53-19(7(22-61(32,33)34)13(9)58-65(44,45)46)56-15-10(25)11(26)20(57-16(15)17(27)28)55-12-6(4-52-64(41,42)43)54-18(50-2-1-21-60(29,30)31)8(23-62(35,36)37)14(12)59-66(47,48)49;;;;;;;;/h5-16,18-26H,1-4H2,(H,27,28)(H,29,30,31)(H,32,33,34)(H,35,36,37)(H,38,39,40)(H,41,42,43)(H,44,45,46)(H,47,48,49);;;;;;;;/q;8*+1/p-8/t5-,6-,7-,8-,9-,10-,11-,12-,13-,14-,15+,16+,18+,19-,20-;;;;;;;;/m1......../s1. The van der Waals surface area contributed by atoms with Gasteiger partial charge in [0.15, 0.2) is 49.8 Å². The van der Waals surface area contributed by atoms with Crippen LogP contribution in [0, 0.1) is 0 Å². The first-order chi connectivity index (χ1) is 29.6. The number of rotatable bonds is 24. The molecule has 0 radical (unpaired) electrons. The summed E-state index contributed by atoms with van der Waals surface area (Å²) in [6.07, 6.45) is -37.6. The molecule has 0 unspecified atom stereocenters. The van der Waals surface area contributed by atoms with E-state index in [0.717, 1.165) is 9.44 Å². The van der Waals surface area contributed by atoms with E-state index in [1.807, 2.05) is 0 Å². The molecule has 0 spiro atoms. The Hall–Kier alpha value is 6.20. The molecule has 0 aromatic rings. The van der Waals surface area contributed by atoms with Gasteiger partial charge in [-0.05, 0) is 0 Å². The molecule has 3 aliphatic rings. The summed E-state index contributed by atoms with van der Waals surface area (Å²) in [6.45, 7) is -5.68. The summed E-state index contributed by atoms with van der Waals surface area (Å²) in [5.74, 6) is -2.64. The van der Waals surface area contributed by atoms with Gasteiger partial charge in [0.05, 0.1) is 25.8 Å². The van der Waals surface area contributed by atoms with Crippen LogP contribution < -0.4 is 256 Å². The number of hydrogen-bond donors (Lipinski definition) is 6. The maximum atomic E-state index is 12.4. The molecular formula is C20H29N3Na8O36S7. The zero-order valence-corrected chi connectivity index (χ0v) is 60.9. The summed E-state index contributed by atoms with van der Waals surface area (Å²) in [6, 6.07) is -5.74. The Balaban J connectivity index is -0.00000144. The van der Waals surface area contributed by atoms with Gasteiger partial charge in [0.2, 0.25) is 41.6 Å². The van der Waals surface area contributed by atoms with E-state index in [4.69, 9.17) is 28.4 Å². The Kier molecular flexibility index (Phi) is 46.7. The van der Waals surface area contributed by atoms with Gasteiger partial charge in [-0.1, -0.05) is 0 Å². The minimum Gasteiger partial charge on any atom is -0.735 e. The Morgan fingerprint density at radius 3 is 1.28 bits per heavy atom. The van der Waals surface area contributed by atoms with Gasteiger partial charge in [-0.2, -0.15) is 0 Å². The van der Waals surface area contributed by atoms with E-state index in [-0.39, 0.29) is 236 Å². The van der Waals surface area contributed by atoms with Gasteiger partial charge in [0, 0.05) is 6.54 Å². The molecule has 3 heterocycles. The SMILES string of the molecule is O=C([O-])[C@H]1O[C@@H](O[C@H]2[C@H](OS(=O)(=O)[O-])[C@@H](NS(=O)(=O)[O-])[C@@H](OCCNS(=O)(=O)[O-])O[C@@H]2COS(=O)(=O)[O-])[C@H](O)[C@@H](O)[C@@H]1O[C@H]1O[C@H](COS(=O)(=O)[O-])[C@@H](O)[C@H](OS(=O)(=O)[O-])[C@H]1NS(=O)(=O)[O-].[Na+].[Na+].[Na+].[Na+].[Na+].[Na+].[Na+].[Na+]. The van der Waals surface area contributed by atoms with Gasteiger partial charge in [-0.3, -0.25) is 16.7 Å². The molecule has 3 aliphatic heterocycles. The van der Waals surface area contributed by atoms with Crippen molar-refractivity contribution < 1.29 is 398 Å². The molecule has 0 aromatic heterocycles. The van der Waals surface area contributed by atoms with Crippen LogP contribution >= 0.6 is 0 Å². The Labute approximate surface area is 598 Å².